The number of amides is 2. The topological polar surface area (TPSA) is 85.7 Å². The first-order valence-electron chi connectivity index (χ1n) is 12.2. The molecule has 0 aliphatic carbocycles. The van der Waals surface area contributed by atoms with Crippen LogP contribution in [0, 0.1) is 0 Å². The van der Waals surface area contributed by atoms with E-state index in [2.05, 4.69) is 12.2 Å². The van der Waals surface area contributed by atoms with E-state index in [9.17, 15) is 9.59 Å². The summed E-state index contributed by atoms with van der Waals surface area (Å²) in [6.07, 6.45) is 3.42. The summed E-state index contributed by atoms with van der Waals surface area (Å²) in [6.45, 7) is 5.01. The van der Waals surface area contributed by atoms with Gasteiger partial charge in [0.05, 0.1) is 37.7 Å². The molecule has 1 fully saturated rings. The Labute approximate surface area is 206 Å². The highest BCUT2D eigenvalue weighted by Gasteiger charge is 2.26. The number of para-hydroxylation sites is 2. The van der Waals surface area contributed by atoms with Gasteiger partial charge in [0.25, 0.3) is 0 Å². The van der Waals surface area contributed by atoms with Gasteiger partial charge in [-0.15, -0.1) is 0 Å². The van der Waals surface area contributed by atoms with Crippen molar-refractivity contribution in [2.24, 2.45) is 0 Å². The Kier molecular flexibility index (Phi) is 7.58. The van der Waals surface area contributed by atoms with Crippen LogP contribution < -0.4 is 14.8 Å². The predicted octanol–water partition coefficient (Wildman–Crippen LogP) is 3.87. The van der Waals surface area contributed by atoms with Gasteiger partial charge in [-0.05, 0) is 62.9 Å². The number of nitrogens with zero attached hydrogens (tertiary/aromatic N) is 3. The fourth-order valence-electron chi connectivity index (χ4n) is 4.82. The number of methoxy groups -OCH3 is 2. The van der Waals surface area contributed by atoms with E-state index in [0.717, 1.165) is 42.4 Å². The zero-order chi connectivity index (χ0) is 24.9. The standard InChI is InChI=1S/C27H34N4O4/c1-18-9-7-8-14-30(18)26(33)17-31-22-11-6-5-10-21(22)29-27(31)19(2)28-25(32)16-20-12-13-23(34-3)24(15-20)35-4/h5-6,10-13,15,18-19H,7-9,14,16-17H2,1-4H3,(H,28,32). The number of hydrogen-bond donors (Lipinski definition) is 1. The van der Waals surface area contributed by atoms with Crippen LogP contribution in [-0.4, -0.2) is 53.1 Å². The minimum atomic E-state index is -0.373. The average molecular weight is 479 g/mol. The lowest BCUT2D eigenvalue weighted by atomic mass is 10.0. The monoisotopic (exact) mass is 478 g/mol. The lowest BCUT2D eigenvalue weighted by molar-refractivity contribution is -0.135. The number of benzene rings is 2. The third kappa shape index (κ3) is 5.42. The number of fused-ring (bicyclic) bond motifs is 1. The molecule has 0 saturated carbocycles. The molecule has 35 heavy (non-hydrogen) atoms. The molecule has 2 unspecified atom stereocenters. The number of ether oxygens (including phenoxy) is 2. The van der Waals surface area contributed by atoms with Crippen LogP contribution in [0.4, 0.5) is 0 Å². The van der Waals surface area contributed by atoms with Crippen molar-refractivity contribution in [3.05, 3.63) is 53.9 Å². The van der Waals surface area contributed by atoms with E-state index in [1.165, 1.54) is 0 Å². The molecule has 2 atom stereocenters. The van der Waals surface area contributed by atoms with E-state index in [0.29, 0.717) is 17.3 Å². The molecule has 8 nitrogen and oxygen atoms in total. The zero-order valence-corrected chi connectivity index (χ0v) is 20.9. The fraction of sp³-hybridized carbons (Fsp3) is 0.444. The quantitative estimate of drug-likeness (QED) is 0.531. The summed E-state index contributed by atoms with van der Waals surface area (Å²) < 4.78 is 12.6. The van der Waals surface area contributed by atoms with Crippen LogP contribution in [0.25, 0.3) is 11.0 Å². The minimum absolute atomic E-state index is 0.0884. The van der Waals surface area contributed by atoms with Crippen LogP contribution >= 0.6 is 0 Å². The van der Waals surface area contributed by atoms with Gasteiger partial charge in [0.15, 0.2) is 11.5 Å². The molecule has 8 heteroatoms. The number of carbonyl (C=O) groups excluding carboxylic acids is 2. The molecule has 0 bridgehead atoms. The fourth-order valence-corrected chi connectivity index (χ4v) is 4.82. The molecule has 2 heterocycles. The molecule has 3 aromatic rings. The summed E-state index contributed by atoms with van der Waals surface area (Å²) in [7, 11) is 3.15. The van der Waals surface area contributed by atoms with Crippen molar-refractivity contribution in [3.63, 3.8) is 0 Å². The molecule has 4 rings (SSSR count). The van der Waals surface area contributed by atoms with Crippen LogP contribution in [-0.2, 0) is 22.6 Å². The Balaban J connectivity index is 1.52. The SMILES string of the molecule is COc1ccc(CC(=O)NC(C)c2nc3ccccc3n2CC(=O)N2CCCCC2C)cc1OC. The van der Waals surface area contributed by atoms with Crippen molar-refractivity contribution < 1.29 is 19.1 Å². The molecular formula is C27H34N4O4. The van der Waals surface area contributed by atoms with Crippen molar-refractivity contribution in [2.75, 3.05) is 20.8 Å². The number of likely N-dealkylation sites (tertiary alicyclic amines) is 1. The van der Waals surface area contributed by atoms with Gasteiger partial charge >= 0.3 is 0 Å². The second kappa shape index (κ2) is 10.8. The molecule has 2 amide bonds. The van der Waals surface area contributed by atoms with Crippen LogP contribution in [0.1, 0.15) is 50.5 Å². The summed E-state index contributed by atoms with van der Waals surface area (Å²) in [6, 6.07) is 13.1. The number of imidazole rings is 1. The van der Waals surface area contributed by atoms with Gasteiger partial charge in [-0.25, -0.2) is 4.98 Å². The molecular weight excluding hydrogens is 444 g/mol. The van der Waals surface area contributed by atoms with Gasteiger partial charge in [0, 0.05) is 12.6 Å². The number of piperidine rings is 1. The molecule has 1 aliphatic heterocycles. The lowest BCUT2D eigenvalue weighted by Gasteiger charge is -2.33. The Morgan fingerprint density at radius 2 is 1.89 bits per heavy atom. The van der Waals surface area contributed by atoms with Gasteiger partial charge in [-0.2, -0.15) is 0 Å². The Morgan fingerprint density at radius 1 is 1.11 bits per heavy atom. The highest BCUT2D eigenvalue weighted by molar-refractivity contribution is 5.82. The third-order valence-electron chi connectivity index (χ3n) is 6.68. The van der Waals surface area contributed by atoms with Crippen LogP contribution in [0.3, 0.4) is 0 Å². The summed E-state index contributed by atoms with van der Waals surface area (Å²) in [5.41, 5.74) is 2.51. The second-order valence-electron chi connectivity index (χ2n) is 9.13. The lowest BCUT2D eigenvalue weighted by Crippen LogP contribution is -2.44. The van der Waals surface area contributed by atoms with Gasteiger partial charge in [-0.3, -0.25) is 9.59 Å². The third-order valence-corrected chi connectivity index (χ3v) is 6.68. The maximum Gasteiger partial charge on any atom is 0.242 e. The molecule has 1 saturated heterocycles. The van der Waals surface area contributed by atoms with E-state index in [1.54, 1.807) is 26.4 Å². The zero-order valence-electron chi connectivity index (χ0n) is 20.9. The van der Waals surface area contributed by atoms with Crippen molar-refractivity contribution >= 4 is 22.8 Å². The maximum absolute atomic E-state index is 13.2. The first-order valence-corrected chi connectivity index (χ1v) is 12.2. The average Bonchev–Trinajstić information content (AvgIpc) is 3.22. The molecule has 186 valence electrons. The first kappa shape index (κ1) is 24.6. The van der Waals surface area contributed by atoms with Gasteiger partial charge < -0.3 is 24.3 Å². The summed E-state index contributed by atoms with van der Waals surface area (Å²) >= 11 is 0. The molecule has 1 aliphatic rings. The van der Waals surface area contributed by atoms with Crippen LogP contribution in [0.5, 0.6) is 11.5 Å². The number of hydrogen-bond acceptors (Lipinski definition) is 5. The van der Waals surface area contributed by atoms with Gasteiger partial charge in [-0.1, -0.05) is 18.2 Å². The number of rotatable bonds is 8. The van der Waals surface area contributed by atoms with E-state index in [4.69, 9.17) is 14.5 Å². The van der Waals surface area contributed by atoms with E-state index < -0.39 is 0 Å². The van der Waals surface area contributed by atoms with E-state index >= 15 is 0 Å². The molecule has 1 N–H and O–H groups in total. The smallest absolute Gasteiger partial charge is 0.242 e. The number of carbonyl (C=O) groups is 2. The second-order valence-corrected chi connectivity index (χ2v) is 9.13. The largest absolute Gasteiger partial charge is 0.493 e. The summed E-state index contributed by atoms with van der Waals surface area (Å²) in [5, 5.41) is 3.05. The first-order chi connectivity index (χ1) is 16.9. The Morgan fingerprint density at radius 3 is 2.63 bits per heavy atom. The molecule has 0 radical (unpaired) electrons. The van der Waals surface area contributed by atoms with Gasteiger partial charge in [0.1, 0.15) is 12.4 Å². The summed E-state index contributed by atoms with van der Waals surface area (Å²) in [5.74, 6) is 1.82. The molecule has 2 aromatic carbocycles. The van der Waals surface area contributed by atoms with E-state index in [1.807, 2.05) is 46.7 Å². The van der Waals surface area contributed by atoms with Crippen molar-refractivity contribution in [3.8, 4) is 11.5 Å². The van der Waals surface area contributed by atoms with E-state index in [-0.39, 0.29) is 36.9 Å². The van der Waals surface area contributed by atoms with Crippen molar-refractivity contribution in [1.82, 2.24) is 19.8 Å². The van der Waals surface area contributed by atoms with Crippen LogP contribution in [0.15, 0.2) is 42.5 Å². The minimum Gasteiger partial charge on any atom is -0.493 e. The normalized spacial score (nSPS) is 16.7. The van der Waals surface area contributed by atoms with Gasteiger partial charge in [0.2, 0.25) is 11.8 Å². The predicted molar refractivity (Wildman–Crippen MR) is 135 cm³/mol. The molecule has 0 spiro atoms. The summed E-state index contributed by atoms with van der Waals surface area (Å²) in [4.78, 5) is 32.9. The van der Waals surface area contributed by atoms with Crippen molar-refractivity contribution in [1.29, 1.82) is 0 Å². The number of nitrogens with one attached hydrogen (secondary N) is 1. The Hall–Kier alpha value is -3.55. The highest BCUT2D eigenvalue weighted by atomic mass is 16.5. The Bertz CT molecular complexity index is 1210. The highest BCUT2D eigenvalue weighted by Crippen LogP contribution is 2.28. The van der Waals surface area contributed by atoms with Crippen LogP contribution in [0.2, 0.25) is 0 Å². The maximum atomic E-state index is 13.2. The molecule has 1 aromatic heterocycles. The number of aromatic nitrogens is 2. The van der Waals surface area contributed by atoms with Crippen molar-refractivity contribution in [2.45, 2.75) is 58.2 Å².